The predicted octanol–water partition coefficient (Wildman–Crippen LogP) is 3.67. The fourth-order valence-electron chi connectivity index (χ4n) is 2.82. The number of nitrogens with one attached hydrogen (secondary N) is 1. The SMILES string of the molecule is C1CCNCC1.O=C1CCCCC1c1ccccc1. The molecule has 1 saturated carbocycles. The van der Waals surface area contributed by atoms with E-state index < -0.39 is 0 Å². The summed E-state index contributed by atoms with van der Waals surface area (Å²) in [4.78, 5) is 11.6. The zero-order valence-electron chi connectivity index (χ0n) is 11.7. The summed E-state index contributed by atoms with van der Waals surface area (Å²) in [6.07, 6.45) is 8.32. The third kappa shape index (κ3) is 4.79. The van der Waals surface area contributed by atoms with Gasteiger partial charge < -0.3 is 5.32 Å². The molecule has 2 fully saturated rings. The number of piperidine rings is 1. The molecule has 1 saturated heterocycles. The van der Waals surface area contributed by atoms with E-state index in [0.717, 1.165) is 19.3 Å². The van der Waals surface area contributed by atoms with Gasteiger partial charge in [0, 0.05) is 12.3 Å². The van der Waals surface area contributed by atoms with Crippen molar-refractivity contribution < 1.29 is 4.79 Å². The Labute approximate surface area is 116 Å². The van der Waals surface area contributed by atoms with Gasteiger partial charge in [0.2, 0.25) is 0 Å². The number of hydrogen-bond acceptors (Lipinski definition) is 2. The molecule has 1 unspecified atom stereocenters. The number of carbonyl (C=O) groups is 1. The molecule has 1 aromatic rings. The zero-order chi connectivity index (χ0) is 13.3. The molecule has 1 aliphatic heterocycles. The van der Waals surface area contributed by atoms with E-state index in [2.05, 4.69) is 17.4 Å². The Balaban J connectivity index is 0.000000186. The van der Waals surface area contributed by atoms with Crippen molar-refractivity contribution in [2.75, 3.05) is 13.1 Å². The summed E-state index contributed by atoms with van der Waals surface area (Å²) in [5.74, 6) is 0.618. The molecular formula is C17H25NO. The molecule has 0 bridgehead atoms. The molecule has 0 aromatic heterocycles. The standard InChI is InChI=1S/C12H14O.C5H11N/c13-12-9-5-4-8-11(12)10-6-2-1-3-7-10;1-2-4-6-5-3-1/h1-3,6-7,11H,4-5,8-9H2;6H,1-5H2. The van der Waals surface area contributed by atoms with E-state index in [4.69, 9.17) is 0 Å². The third-order valence-corrected chi connectivity index (χ3v) is 3.96. The summed E-state index contributed by atoms with van der Waals surface area (Å²) in [5.41, 5.74) is 1.20. The number of benzene rings is 1. The first-order valence-corrected chi connectivity index (χ1v) is 7.66. The van der Waals surface area contributed by atoms with Crippen LogP contribution in [0.25, 0.3) is 0 Å². The number of hydrogen-bond donors (Lipinski definition) is 1. The van der Waals surface area contributed by atoms with Gasteiger partial charge in [-0.3, -0.25) is 4.79 Å². The van der Waals surface area contributed by atoms with Gasteiger partial charge in [0.25, 0.3) is 0 Å². The third-order valence-electron chi connectivity index (χ3n) is 3.96. The molecule has 2 aliphatic rings. The van der Waals surface area contributed by atoms with Gasteiger partial charge in [-0.25, -0.2) is 0 Å². The van der Waals surface area contributed by atoms with Crippen molar-refractivity contribution in [3.63, 3.8) is 0 Å². The molecule has 1 N–H and O–H groups in total. The van der Waals surface area contributed by atoms with Gasteiger partial charge in [0.1, 0.15) is 5.78 Å². The van der Waals surface area contributed by atoms with Gasteiger partial charge in [-0.2, -0.15) is 0 Å². The van der Waals surface area contributed by atoms with Crippen LogP contribution in [0.4, 0.5) is 0 Å². The molecule has 2 nitrogen and oxygen atoms in total. The first-order valence-electron chi connectivity index (χ1n) is 7.66. The summed E-state index contributed by atoms with van der Waals surface area (Å²) in [6, 6.07) is 10.1. The lowest BCUT2D eigenvalue weighted by Gasteiger charge is -2.20. The topological polar surface area (TPSA) is 29.1 Å². The lowest BCUT2D eigenvalue weighted by molar-refractivity contribution is -0.121. The summed E-state index contributed by atoms with van der Waals surface area (Å²) in [5, 5.41) is 3.28. The fraction of sp³-hybridized carbons (Fsp3) is 0.588. The molecule has 2 heteroatoms. The van der Waals surface area contributed by atoms with E-state index in [9.17, 15) is 4.79 Å². The first-order chi connectivity index (χ1) is 9.38. The summed E-state index contributed by atoms with van der Waals surface area (Å²) in [7, 11) is 0. The Morgan fingerprint density at radius 1 is 0.895 bits per heavy atom. The first kappa shape index (κ1) is 14.3. The van der Waals surface area contributed by atoms with Crippen molar-refractivity contribution >= 4 is 5.78 Å². The highest BCUT2D eigenvalue weighted by Gasteiger charge is 2.22. The summed E-state index contributed by atoms with van der Waals surface area (Å²) in [6.45, 7) is 2.50. The van der Waals surface area contributed by atoms with Crippen LogP contribution in [0.5, 0.6) is 0 Å². The maximum atomic E-state index is 11.6. The Bertz CT molecular complexity index is 359. The molecular weight excluding hydrogens is 234 g/mol. The van der Waals surface area contributed by atoms with Crippen molar-refractivity contribution in [3.8, 4) is 0 Å². The normalized spacial score (nSPS) is 23.4. The molecule has 104 valence electrons. The van der Waals surface area contributed by atoms with E-state index in [1.54, 1.807) is 0 Å². The maximum Gasteiger partial charge on any atom is 0.140 e. The Morgan fingerprint density at radius 3 is 2.16 bits per heavy atom. The van der Waals surface area contributed by atoms with E-state index in [1.807, 2.05) is 18.2 Å². The highest BCUT2D eigenvalue weighted by Crippen LogP contribution is 2.29. The average molecular weight is 259 g/mol. The Kier molecular flexibility index (Phi) is 6.09. The molecule has 0 radical (unpaired) electrons. The molecule has 19 heavy (non-hydrogen) atoms. The highest BCUT2D eigenvalue weighted by atomic mass is 16.1. The molecule has 0 spiro atoms. The van der Waals surface area contributed by atoms with Crippen LogP contribution < -0.4 is 5.32 Å². The van der Waals surface area contributed by atoms with Gasteiger partial charge in [-0.15, -0.1) is 0 Å². The van der Waals surface area contributed by atoms with Gasteiger partial charge in [0.05, 0.1) is 0 Å². The van der Waals surface area contributed by atoms with Crippen LogP contribution >= 0.6 is 0 Å². The molecule has 0 amide bonds. The Hall–Kier alpha value is -1.15. The van der Waals surface area contributed by atoms with Crippen LogP contribution in [0.2, 0.25) is 0 Å². The van der Waals surface area contributed by atoms with Crippen LogP contribution in [-0.4, -0.2) is 18.9 Å². The van der Waals surface area contributed by atoms with Crippen LogP contribution in [0.1, 0.15) is 56.4 Å². The zero-order valence-corrected chi connectivity index (χ0v) is 11.7. The second kappa shape index (κ2) is 8.11. The van der Waals surface area contributed by atoms with E-state index in [0.29, 0.717) is 5.78 Å². The molecule has 1 aromatic carbocycles. The number of Topliss-reactive ketones (excluding diaryl/α,β-unsaturated/α-hetero) is 1. The van der Waals surface area contributed by atoms with Crippen molar-refractivity contribution in [3.05, 3.63) is 35.9 Å². The monoisotopic (exact) mass is 259 g/mol. The summed E-state index contributed by atoms with van der Waals surface area (Å²) >= 11 is 0. The van der Waals surface area contributed by atoms with Gasteiger partial charge in [-0.1, -0.05) is 43.2 Å². The maximum absolute atomic E-state index is 11.6. The minimum Gasteiger partial charge on any atom is -0.317 e. The molecule has 1 atom stereocenters. The smallest absolute Gasteiger partial charge is 0.140 e. The van der Waals surface area contributed by atoms with E-state index in [1.165, 1.54) is 44.3 Å². The lowest BCUT2D eigenvalue weighted by atomic mass is 9.83. The van der Waals surface area contributed by atoms with Crippen molar-refractivity contribution in [1.82, 2.24) is 5.32 Å². The van der Waals surface area contributed by atoms with Crippen molar-refractivity contribution in [2.45, 2.75) is 50.9 Å². The minimum absolute atomic E-state index is 0.190. The largest absolute Gasteiger partial charge is 0.317 e. The number of ketones is 1. The quantitative estimate of drug-likeness (QED) is 0.833. The van der Waals surface area contributed by atoms with E-state index in [-0.39, 0.29) is 5.92 Å². The van der Waals surface area contributed by atoms with Gasteiger partial charge >= 0.3 is 0 Å². The van der Waals surface area contributed by atoms with Crippen LogP contribution in [0, 0.1) is 0 Å². The molecule has 1 heterocycles. The summed E-state index contributed by atoms with van der Waals surface area (Å²) < 4.78 is 0. The van der Waals surface area contributed by atoms with Crippen LogP contribution in [0.15, 0.2) is 30.3 Å². The van der Waals surface area contributed by atoms with Gasteiger partial charge in [-0.05, 0) is 44.3 Å². The second-order valence-electron chi connectivity index (χ2n) is 5.49. The number of rotatable bonds is 1. The second-order valence-corrected chi connectivity index (χ2v) is 5.49. The fourth-order valence-corrected chi connectivity index (χ4v) is 2.82. The number of carbonyl (C=O) groups excluding carboxylic acids is 1. The van der Waals surface area contributed by atoms with Crippen LogP contribution in [-0.2, 0) is 4.79 Å². The minimum atomic E-state index is 0.190. The molecule has 3 rings (SSSR count). The highest BCUT2D eigenvalue weighted by molar-refractivity contribution is 5.86. The van der Waals surface area contributed by atoms with Crippen molar-refractivity contribution in [2.24, 2.45) is 0 Å². The van der Waals surface area contributed by atoms with Crippen molar-refractivity contribution in [1.29, 1.82) is 0 Å². The Morgan fingerprint density at radius 2 is 1.63 bits per heavy atom. The average Bonchev–Trinajstić information content (AvgIpc) is 2.51. The molecule has 1 aliphatic carbocycles. The van der Waals surface area contributed by atoms with Gasteiger partial charge in [0.15, 0.2) is 0 Å². The van der Waals surface area contributed by atoms with E-state index >= 15 is 0 Å². The predicted molar refractivity (Wildman–Crippen MR) is 79.4 cm³/mol. The van der Waals surface area contributed by atoms with Crippen LogP contribution in [0.3, 0.4) is 0 Å². The lowest BCUT2D eigenvalue weighted by Crippen LogP contribution is -2.21.